The summed E-state index contributed by atoms with van der Waals surface area (Å²) in [6, 6.07) is 7.97. The fourth-order valence-electron chi connectivity index (χ4n) is 2.15. The van der Waals surface area contributed by atoms with Gasteiger partial charge in [0.2, 0.25) is 5.91 Å². The molecule has 1 aromatic heterocycles. The van der Waals surface area contributed by atoms with E-state index < -0.39 is 17.9 Å². The number of nitrogens with one attached hydrogen (secondary N) is 3. The standard InChI is InChI=1S/C16H15N3O5/c1-9-15(21)19-11-7-10(4-5-12(11)24-9)18-14(20)8-17-16(22)13-3-2-6-23-13/h2-7,9H,8H2,1H3,(H,17,22)(H,18,20)(H,19,21)/t9-/m0/s1. The first-order chi connectivity index (χ1) is 11.5. The van der Waals surface area contributed by atoms with E-state index in [0.29, 0.717) is 17.1 Å². The highest BCUT2D eigenvalue weighted by atomic mass is 16.5. The molecule has 0 spiro atoms. The summed E-state index contributed by atoms with van der Waals surface area (Å²) in [5, 5.41) is 7.76. The van der Waals surface area contributed by atoms with Gasteiger partial charge in [-0.15, -0.1) is 0 Å². The lowest BCUT2D eigenvalue weighted by Gasteiger charge is -2.23. The molecule has 0 saturated heterocycles. The molecule has 3 N–H and O–H groups in total. The molecule has 2 aromatic rings. The number of anilines is 2. The quantitative estimate of drug-likeness (QED) is 0.785. The van der Waals surface area contributed by atoms with Crippen LogP contribution in [0.4, 0.5) is 11.4 Å². The first kappa shape index (κ1) is 15.6. The molecule has 1 aliphatic heterocycles. The van der Waals surface area contributed by atoms with Gasteiger partial charge in [-0.2, -0.15) is 0 Å². The molecule has 124 valence electrons. The van der Waals surface area contributed by atoms with Crippen LogP contribution in [0, 0.1) is 0 Å². The maximum absolute atomic E-state index is 11.9. The van der Waals surface area contributed by atoms with E-state index in [0.717, 1.165) is 0 Å². The summed E-state index contributed by atoms with van der Waals surface area (Å²) in [7, 11) is 0. The van der Waals surface area contributed by atoms with Gasteiger partial charge in [0.25, 0.3) is 11.8 Å². The SMILES string of the molecule is C[C@@H]1Oc2ccc(NC(=O)CNC(=O)c3ccco3)cc2NC1=O. The predicted octanol–water partition coefficient (Wildman–Crippen LogP) is 1.37. The van der Waals surface area contributed by atoms with Crippen LogP contribution in [-0.2, 0) is 9.59 Å². The van der Waals surface area contributed by atoms with Crippen LogP contribution >= 0.6 is 0 Å². The molecule has 0 aliphatic carbocycles. The van der Waals surface area contributed by atoms with Gasteiger partial charge >= 0.3 is 0 Å². The minimum Gasteiger partial charge on any atom is -0.479 e. The van der Waals surface area contributed by atoms with Gasteiger partial charge in [-0.1, -0.05) is 0 Å². The van der Waals surface area contributed by atoms with Crippen molar-refractivity contribution in [3.8, 4) is 5.75 Å². The third-order valence-electron chi connectivity index (χ3n) is 3.35. The minimum atomic E-state index is -0.560. The highest BCUT2D eigenvalue weighted by Crippen LogP contribution is 2.32. The lowest BCUT2D eigenvalue weighted by molar-refractivity contribution is -0.122. The molecule has 0 bridgehead atoms. The average Bonchev–Trinajstić information content (AvgIpc) is 3.08. The Bertz CT molecular complexity index is 785. The smallest absolute Gasteiger partial charge is 0.287 e. The number of benzene rings is 1. The van der Waals surface area contributed by atoms with Crippen LogP contribution in [0.3, 0.4) is 0 Å². The van der Waals surface area contributed by atoms with E-state index in [1.807, 2.05) is 0 Å². The van der Waals surface area contributed by atoms with Gasteiger partial charge in [0.05, 0.1) is 18.5 Å². The predicted molar refractivity (Wildman–Crippen MR) is 84.8 cm³/mol. The molecule has 0 radical (unpaired) electrons. The molecule has 1 aromatic carbocycles. The molecule has 2 heterocycles. The topological polar surface area (TPSA) is 110 Å². The summed E-state index contributed by atoms with van der Waals surface area (Å²) in [6.45, 7) is 1.44. The fraction of sp³-hybridized carbons (Fsp3) is 0.188. The zero-order valence-corrected chi connectivity index (χ0v) is 12.8. The van der Waals surface area contributed by atoms with Gasteiger partial charge in [0.15, 0.2) is 11.9 Å². The van der Waals surface area contributed by atoms with Gasteiger partial charge in [0, 0.05) is 5.69 Å². The molecule has 8 heteroatoms. The van der Waals surface area contributed by atoms with Gasteiger partial charge in [-0.25, -0.2) is 0 Å². The summed E-state index contributed by atoms with van der Waals surface area (Å²) in [4.78, 5) is 35.2. The summed E-state index contributed by atoms with van der Waals surface area (Å²) in [5.74, 6) is -0.477. The molecular formula is C16H15N3O5. The van der Waals surface area contributed by atoms with E-state index in [1.54, 1.807) is 31.2 Å². The highest BCUT2D eigenvalue weighted by molar-refractivity contribution is 6.00. The van der Waals surface area contributed by atoms with Crippen LogP contribution in [0.25, 0.3) is 0 Å². The molecule has 0 saturated carbocycles. The molecule has 0 unspecified atom stereocenters. The summed E-state index contributed by atoms with van der Waals surface area (Å²) in [5.41, 5.74) is 0.958. The third-order valence-corrected chi connectivity index (χ3v) is 3.35. The Kier molecular flexibility index (Phi) is 4.19. The molecule has 3 rings (SSSR count). The Morgan fingerprint density at radius 2 is 2.12 bits per heavy atom. The summed E-state index contributed by atoms with van der Waals surface area (Å²) >= 11 is 0. The Morgan fingerprint density at radius 3 is 2.88 bits per heavy atom. The number of carbonyl (C=O) groups is 3. The van der Waals surface area contributed by atoms with Crippen molar-refractivity contribution in [1.82, 2.24) is 5.32 Å². The van der Waals surface area contributed by atoms with Crippen molar-refractivity contribution < 1.29 is 23.5 Å². The van der Waals surface area contributed by atoms with E-state index in [-0.39, 0.29) is 18.2 Å². The van der Waals surface area contributed by atoms with Crippen molar-refractivity contribution in [2.75, 3.05) is 17.2 Å². The second-order valence-electron chi connectivity index (χ2n) is 5.17. The zero-order chi connectivity index (χ0) is 17.1. The van der Waals surface area contributed by atoms with E-state index in [4.69, 9.17) is 9.15 Å². The van der Waals surface area contributed by atoms with Crippen LogP contribution in [0.15, 0.2) is 41.0 Å². The van der Waals surface area contributed by atoms with Crippen LogP contribution in [-0.4, -0.2) is 30.4 Å². The number of carbonyl (C=O) groups excluding carboxylic acids is 3. The molecule has 1 atom stereocenters. The van der Waals surface area contributed by atoms with Gasteiger partial charge < -0.3 is 25.1 Å². The third kappa shape index (κ3) is 3.37. The average molecular weight is 329 g/mol. The van der Waals surface area contributed by atoms with Crippen molar-refractivity contribution in [1.29, 1.82) is 0 Å². The maximum Gasteiger partial charge on any atom is 0.287 e. The monoisotopic (exact) mass is 329 g/mol. The second kappa shape index (κ2) is 6.45. The Labute approximate surface area is 137 Å². The second-order valence-corrected chi connectivity index (χ2v) is 5.17. The lowest BCUT2D eigenvalue weighted by atomic mass is 10.2. The Morgan fingerprint density at radius 1 is 1.29 bits per heavy atom. The van der Waals surface area contributed by atoms with E-state index in [1.165, 1.54) is 12.3 Å². The van der Waals surface area contributed by atoms with Gasteiger partial charge in [0.1, 0.15) is 5.75 Å². The first-order valence-corrected chi connectivity index (χ1v) is 7.26. The molecule has 24 heavy (non-hydrogen) atoms. The minimum absolute atomic E-state index is 0.130. The number of hydrogen-bond acceptors (Lipinski definition) is 5. The molecule has 8 nitrogen and oxygen atoms in total. The van der Waals surface area contributed by atoms with Crippen LogP contribution in [0.1, 0.15) is 17.5 Å². The zero-order valence-electron chi connectivity index (χ0n) is 12.8. The van der Waals surface area contributed by atoms with Crippen molar-refractivity contribution in [2.24, 2.45) is 0 Å². The number of furan rings is 1. The number of ether oxygens (including phenoxy) is 1. The van der Waals surface area contributed by atoms with Crippen molar-refractivity contribution in [3.05, 3.63) is 42.4 Å². The van der Waals surface area contributed by atoms with Crippen molar-refractivity contribution in [3.63, 3.8) is 0 Å². The van der Waals surface area contributed by atoms with Crippen molar-refractivity contribution >= 4 is 29.1 Å². The number of rotatable bonds is 4. The van der Waals surface area contributed by atoms with E-state index >= 15 is 0 Å². The first-order valence-electron chi connectivity index (χ1n) is 7.26. The molecule has 3 amide bonds. The number of fused-ring (bicyclic) bond motifs is 1. The molecular weight excluding hydrogens is 314 g/mol. The van der Waals surface area contributed by atoms with Crippen LogP contribution < -0.4 is 20.7 Å². The van der Waals surface area contributed by atoms with Crippen LogP contribution in [0.5, 0.6) is 5.75 Å². The largest absolute Gasteiger partial charge is 0.479 e. The summed E-state index contributed by atoms with van der Waals surface area (Å²) in [6.07, 6.45) is 0.814. The lowest BCUT2D eigenvalue weighted by Crippen LogP contribution is -2.34. The number of hydrogen-bond donors (Lipinski definition) is 3. The van der Waals surface area contributed by atoms with Gasteiger partial charge in [-0.3, -0.25) is 14.4 Å². The molecule has 1 aliphatic rings. The normalized spacial score (nSPS) is 15.7. The Balaban J connectivity index is 1.58. The van der Waals surface area contributed by atoms with Crippen molar-refractivity contribution in [2.45, 2.75) is 13.0 Å². The van der Waals surface area contributed by atoms with Gasteiger partial charge in [-0.05, 0) is 37.3 Å². The summed E-state index contributed by atoms with van der Waals surface area (Å²) < 4.78 is 10.4. The van der Waals surface area contributed by atoms with E-state index in [9.17, 15) is 14.4 Å². The maximum atomic E-state index is 11.9. The highest BCUT2D eigenvalue weighted by Gasteiger charge is 2.23. The molecule has 0 fully saturated rings. The van der Waals surface area contributed by atoms with Crippen LogP contribution in [0.2, 0.25) is 0 Å². The number of amides is 3. The van der Waals surface area contributed by atoms with E-state index in [2.05, 4.69) is 16.0 Å². The Hall–Kier alpha value is -3.29. The fourth-order valence-corrected chi connectivity index (χ4v) is 2.15.